The molecule has 2 N–H and O–H groups in total. The van der Waals surface area contributed by atoms with Crippen molar-refractivity contribution < 1.29 is 23.9 Å². The summed E-state index contributed by atoms with van der Waals surface area (Å²) in [5.74, 6) is -0.156. The molecule has 0 unspecified atom stereocenters. The highest BCUT2D eigenvalue weighted by atomic mass is 16.7. The summed E-state index contributed by atoms with van der Waals surface area (Å²) in [7, 11) is 0. The second-order valence-electron chi connectivity index (χ2n) is 6.96. The van der Waals surface area contributed by atoms with Crippen molar-refractivity contribution in [2.45, 2.75) is 25.5 Å². The zero-order chi connectivity index (χ0) is 20.3. The largest absolute Gasteiger partial charge is 0.445 e. The number of nitrogens with one attached hydrogen (secondary N) is 2. The van der Waals surface area contributed by atoms with Gasteiger partial charge >= 0.3 is 6.09 Å². The summed E-state index contributed by atoms with van der Waals surface area (Å²) in [6.07, 6.45) is 0.574. The van der Waals surface area contributed by atoms with Crippen LogP contribution in [0.25, 0.3) is 0 Å². The molecule has 3 rings (SSSR count). The number of benzene rings is 2. The third-order valence-electron chi connectivity index (χ3n) is 4.62. The van der Waals surface area contributed by atoms with E-state index in [4.69, 9.17) is 14.3 Å². The fraction of sp³-hybridized carbons (Fsp3) is 0.364. The SMILES string of the molecule is O=C(N[C@H](Cc1ccccc1)C(=O)NOC[C@H]1CCOC1)OCc1ccccc1. The first-order chi connectivity index (χ1) is 14.2. The Bertz CT molecular complexity index is 763. The molecule has 1 fully saturated rings. The van der Waals surface area contributed by atoms with Crippen molar-refractivity contribution in [2.75, 3.05) is 19.8 Å². The molecule has 1 aliphatic rings. The Kier molecular flexibility index (Phi) is 8.03. The summed E-state index contributed by atoms with van der Waals surface area (Å²) in [6, 6.07) is 18.0. The van der Waals surface area contributed by atoms with Gasteiger partial charge in [0.05, 0.1) is 13.2 Å². The van der Waals surface area contributed by atoms with Gasteiger partial charge in [-0.3, -0.25) is 9.63 Å². The first-order valence-corrected chi connectivity index (χ1v) is 9.71. The summed E-state index contributed by atoms with van der Waals surface area (Å²) >= 11 is 0. The average molecular weight is 398 g/mol. The van der Waals surface area contributed by atoms with Crippen LogP contribution in [0.1, 0.15) is 17.5 Å². The second-order valence-corrected chi connectivity index (χ2v) is 6.96. The van der Waals surface area contributed by atoms with Gasteiger partial charge in [-0.2, -0.15) is 0 Å². The molecule has 29 heavy (non-hydrogen) atoms. The van der Waals surface area contributed by atoms with Crippen LogP contribution in [-0.4, -0.2) is 37.9 Å². The van der Waals surface area contributed by atoms with E-state index in [0.717, 1.165) is 17.5 Å². The maximum atomic E-state index is 12.6. The van der Waals surface area contributed by atoms with E-state index in [2.05, 4.69) is 10.8 Å². The number of hydrogen-bond donors (Lipinski definition) is 2. The van der Waals surface area contributed by atoms with E-state index >= 15 is 0 Å². The number of hydrogen-bond acceptors (Lipinski definition) is 5. The van der Waals surface area contributed by atoms with Gasteiger partial charge in [0, 0.05) is 18.9 Å². The minimum Gasteiger partial charge on any atom is -0.445 e. The van der Waals surface area contributed by atoms with Crippen molar-refractivity contribution >= 4 is 12.0 Å². The molecular weight excluding hydrogens is 372 g/mol. The Balaban J connectivity index is 1.52. The second kappa shape index (κ2) is 11.2. The van der Waals surface area contributed by atoms with Crippen molar-refractivity contribution in [2.24, 2.45) is 5.92 Å². The van der Waals surface area contributed by atoms with Crippen LogP contribution in [0.15, 0.2) is 60.7 Å². The van der Waals surface area contributed by atoms with Gasteiger partial charge in [0.15, 0.2) is 0 Å². The molecule has 7 nitrogen and oxygen atoms in total. The molecule has 1 aliphatic heterocycles. The smallest absolute Gasteiger partial charge is 0.408 e. The van der Waals surface area contributed by atoms with E-state index in [9.17, 15) is 9.59 Å². The van der Waals surface area contributed by atoms with Gasteiger partial charge in [0.25, 0.3) is 5.91 Å². The van der Waals surface area contributed by atoms with Crippen LogP contribution in [0.5, 0.6) is 0 Å². The minimum atomic E-state index is -0.819. The number of amides is 2. The van der Waals surface area contributed by atoms with E-state index < -0.39 is 18.0 Å². The predicted octanol–water partition coefficient (Wildman–Crippen LogP) is 2.61. The lowest BCUT2D eigenvalue weighted by Crippen LogP contribution is -2.48. The molecule has 0 aromatic heterocycles. The van der Waals surface area contributed by atoms with E-state index in [0.29, 0.717) is 26.2 Å². The monoisotopic (exact) mass is 398 g/mol. The average Bonchev–Trinajstić information content (AvgIpc) is 3.27. The summed E-state index contributed by atoms with van der Waals surface area (Å²) in [5, 5.41) is 2.64. The quantitative estimate of drug-likeness (QED) is 0.634. The van der Waals surface area contributed by atoms with Crippen molar-refractivity contribution in [3.8, 4) is 0 Å². The maximum absolute atomic E-state index is 12.6. The number of rotatable bonds is 9. The summed E-state index contributed by atoms with van der Waals surface area (Å²) in [4.78, 5) is 30.2. The van der Waals surface area contributed by atoms with Gasteiger partial charge in [-0.05, 0) is 17.5 Å². The predicted molar refractivity (Wildman–Crippen MR) is 107 cm³/mol. The minimum absolute atomic E-state index is 0.129. The molecule has 2 amide bonds. The Labute approximate surface area is 170 Å². The van der Waals surface area contributed by atoms with Gasteiger partial charge < -0.3 is 14.8 Å². The van der Waals surface area contributed by atoms with Crippen molar-refractivity contribution in [3.05, 3.63) is 71.8 Å². The van der Waals surface area contributed by atoms with E-state index in [-0.39, 0.29) is 12.5 Å². The molecule has 1 heterocycles. The summed E-state index contributed by atoms with van der Waals surface area (Å²) in [6.45, 7) is 1.85. The Morgan fingerprint density at radius 3 is 2.38 bits per heavy atom. The Morgan fingerprint density at radius 1 is 1.03 bits per heavy atom. The van der Waals surface area contributed by atoms with Crippen LogP contribution in [0, 0.1) is 5.92 Å². The Morgan fingerprint density at radius 2 is 1.72 bits per heavy atom. The van der Waals surface area contributed by atoms with Gasteiger partial charge in [-0.25, -0.2) is 10.3 Å². The third kappa shape index (κ3) is 7.21. The molecule has 2 aromatic carbocycles. The maximum Gasteiger partial charge on any atom is 0.408 e. The van der Waals surface area contributed by atoms with Crippen LogP contribution in [0.2, 0.25) is 0 Å². The highest BCUT2D eigenvalue weighted by Gasteiger charge is 2.23. The van der Waals surface area contributed by atoms with Crippen molar-refractivity contribution in [1.82, 2.24) is 10.8 Å². The summed E-state index contributed by atoms with van der Waals surface area (Å²) < 4.78 is 10.5. The topological polar surface area (TPSA) is 85.9 Å². The van der Waals surface area contributed by atoms with Crippen LogP contribution in [-0.2, 0) is 32.1 Å². The lowest BCUT2D eigenvalue weighted by Gasteiger charge is -2.19. The molecule has 0 saturated carbocycles. The van der Waals surface area contributed by atoms with Gasteiger partial charge in [-0.1, -0.05) is 60.7 Å². The van der Waals surface area contributed by atoms with E-state index in [1.54, 1.807) is 0 Å². The standard InChI is InChI=1S/C22H26N2O5/c25-21(24-29-16-19-11-12-27-14-19)20(13-17-7-3-1-4-8-17)23-22(26)28-15-18-9-5-2-6-10-18/h1-10,19-20H,11-16H2,(H,23,26)(H,24,25)/t19-,20+/m0/s1. The highest BCUT2D eigenvalue weighted by Crippen LogP contribution is 2.12. The zero-order valence-electron chi connectivity index (χ0n) is 16.2. The number of carbonyl (C=O) groups is 2. The molecular formula is C22H26N2O5. The molecule has 154 valence electrons. The molecule has 1 saturated heterocycles. The normalized spacial score (nSPS) is 16.8. The van der Waals surface area contributed by atoms with E-state index in [1.165, 1.54) is 0 Å². The lowest BCUT2D eigenvalue weighted by molar-refractivity contribution is -0.136. The van der Waals surface area contributed by atoms with Crippen LogP contribution < -0.4 is 10.8 Å². The summed E-state index contributed by atoms with van der Waals surface area (Å²) in [5.41, 5.74) is 4.23. The first-order valence-electron chi connectivity index (χ1n) is 9.71. The van der Waals surface area contributed by atoms with Crippen molar-refractivity contribution in [3.63, 3.8) is 0 Å². The zero-order valence-corrected chi connectivity index (χ0v) is 16.2. The number of ether oxygens (including phenoxy) is 2. The molecule has 0 radical (unpaired) electrons. The van der Waals surface area contributed by atoms with Crippen LogP contribution in [0.4, 0.5) is 4.79 Å². The lowest BCUT2D eigenvalue weighted by atomic mass is 10.1. The number of hydroxylamine groups is 1. The fourth-order valence-electron chi connectivity index (χ4n) is 2.98. The van der Waals surface area contributed by atoms with Gasteiger partial charge in [-0.15, -0.1) is 0 Å². The van der Waals surface area contributed by atoms with Crippen LogP contribution >= 0.6 is 0 Å². The number of carbonyl (C=O) groups excluding carboxylic acids is 2. The van der Waals surface area contributed by atoms with Crippen molar-refractivity contribution in [1.29, 1.82) is 0 Å². The van der Waals surface area contributed by atoms with Gasteiger partial charge in [0.1, 0.15) is 12.6 Å². The Hall–Kier alpha value is -2.90. The first kappa shape index (κ1) is 20.8. The molecule has 0 bridgehead atoms. The van der Waals surface area contributed by atoms with Crippen LogP contribution in [0.3, 0.4) is 0 Å². The van der Waals surface area contributed by atoms with Gasteiger partial charge in [0.2, 0.25) is 0 Å². The van der Waals surface area contributed by atoms with E-state index in [1.807, 2.05) is 60.7 Å². The highest BCUT2D eigenvalue weighted by molar-refractivity contribution is 5.85. The third-order valence-corrected chi connectivity index (χ3v) is 4.62. The number of alkyl carbamates (subject to hydrolysis) is 1. The molecule has 2 atom stereocenters. The fourth-order valence-corrected chi connectivity index (χ4v) is 2.98. The molecule has 0 spiro atoms. The molecule has 0 aliphatic carbocycles. The molecule has 7 heteroatoms. The molecule has 2 aromatic rings.